The van der Waals surface area contributed by atoms with E-state index in [2.05, 4.69) is 38.0 Å². The van der Waals surface area contributed by atoms with Gasteiger partial charge in [0, 0.05) is 24.6 Å². The Kier molecular flexibility index (Phi) is 3.50. The minimum Gasteiger partial charge on any atom is -0.385 e. The lowest BCUT2D eigenvalue weighted by molar-refractivity contribution is 0.274. The van der Waals surface area contributed by atoms with Gasteiger partial charge in [0.05, 0.1) is 0 Å². The topological polar surface area (TPSA) is 24.9 Å². The third kappa shape index (κ3) is 3.36. The lowest BCUT2D eigenvalue weighted by Gasteiger charge is -2.27. The van der Waals surface area contributed by atoms with Crippen molar-refractivity contribution in [2.24, 2.45) is 11.3 Å². The average Bonchev–Trinajstić information content (AvgIpc) is 2.14. The van der Waals surface area contributed by atoms with Crippen LogP contribution in [0.25, 0.3) is 0 Å². The van der Waals surface area contributed by atoms with Crippen LogP contribution in [-0.4, -0.2) is 11.5 Å². The standard InChI is InChI=1S/C12H20N2/c1-10(12(2,3)4)9-14-11-5-7-13-8-6-11/h5-8,10H,9H2,1-4H3,(H,13,14). The molecular weight excluding hydrogens is 172 g/mol. The van der Waals surface area contributed by atoms with E-state index in [1.807, 2.05) is 24.5 Å². The van der Waals surface area contributed by atoms with E-state index in [0.29, 0.717) is 11.3 Å². The summed E-state index contributed by atoms with van der Waals surface area (Å²) in [5.74, 6) is 0.649. The highest BCUT2D eigenvalue weighted by Gasteiger charge is 2.19. The molecule has 78 valence electrons. The fourth-order valence-electron chi connectivity index (χ4n) is 1.05. The van der Waals surface area contributed by atoms with Crippen molar-refractivity contribution in [1.82, 2.24) is 4.98 Å². The number of hydrogen-bond acceptors (Lipinski definition) is 2. The summed E-state index contributed by atoms with van der Waals surface area (Å²) in [6.07, 6.45) is 3.62. The first kappa shape index (κ1) is 11.0. The Hall–Kier alpha value is -1.05. The molecule has 0 radical (unpaired) electrons. The molecule has 0 fully saturated rings. The number of nitrogens with one attached hydrogen (secondary N) is 1. The quantitative estimate of drug-likeness (QED) is 0.795. The summed E-state index contributed by atoms with van der Waals surface area (Å²) >= 11 is 0. The first-order chi connectivity index (χ1) is 6.50. The first-order valence-electron chi connectivity index (χ1n) is 5.14. The molecule has 1 N–H and O–H groups in total. The molecule has 0 bridgehead atoms. The highest BCUT2D eigenvalue weighted by Crippen LogP contribution is 2.25. The zero-order valence-corrected chi connectivity index (χ0v) is 9.54. The molecule has 1 aromatic rings. The van der Waals surface area contributed by atoms with Gasteiger partial charge in [0.25, 0.3) is 0 Å². The Morgan fingerprint density at radius 2 is 1.86 bits per heavy atom. The average molecular weight is 192 g/mol. The van der Waals surface area contributed by atoms with Gasteiger partial charge in [0.2, 0.25) is 0 Å². The van der Waals surface area contributed by atoms with Crippen molar-refractivity contribution in [1.29, 1.82) is 0 Å². The summed E-state index contributed by atoms with van der Waals surface area (Å²) in [6.45, 7) is 10.1. The molecule has 0 amide bonds. The van der Waals surface area contributed by atoms with Gasteiger partial charge in [-0.1, -0.05) is 27.7 Å². The van der Waals surface area contributed by atoms with Crippen molar-refractivity contribution in [2.45, 2.75) is 27.7 Å². The predicted molar refractivity (Wildman–Crippen MR) is 61.3 cm³/mol. The zero-order chi connectivity index (χ0) is 10.6. The molecule has 1 unspecified atom stereocenters. The van der Waals surface area contributed by atoms with Crippen LogP contribution in [0.1, 0.15) is 27.7 Å². The van der Waals surface area contributed by atoms with Crippen LogP contribution >= 0.6 is 0 Å². The molecule has 2 heteroatoms. The molecule has 0 aliphatic carbocycles. The van der Waals surface area contributed by atoms with Gasteiger partial charge < -0.3 is 5.32 Å². The maximum Gasteiger partial charge on any atom is 0.0371 e. The Morgan fingerprint density at radius 3 is 2.36 bits per heavy atom. The van der Waals surface area contributed by atoms with Gasteiger partial charge in [-0.05, 0) is 23.5 Å². The van der Waals surface area contributed by atoms with Crippen LogP contribution in [0.4, 0.5) is 5.69 Å². The van der Waals surface area contributed by atoms with Crippen LogP contribution in [0.2, 0.25) is 0 Å². The molecule has 14 heavy (non-hydrogen) atoms. The number of hydrogen-bond donors (Lipinski definition) is 1. The predicted octanol–water partition coefficient (Wildman–Crippen LogP) is 3.18. The van der Waals surface area contributed by atoms with E-state index in [9.17, 15) is 0 Å². The van der Waals surface area contributed by atoms with Gasteiger partial charge in [-0.15, -0.1) is 0 Å². The molecule has 0 aliphatic heterocycles. The van der Waals surface area contributed by atoms with E-state index in [4.69, 9.17) is 0 Å². The number of aromatic nitrogens is 1. The van der Waals surface area contributed by atoms with Crippen molar-refractivity contribution < 1.29 is 0 Å². The van der Waals surface area contributed by atoms with E-state index >= 15 is 0 Å². The highest BCUT2D eigenvalue weighted by atomic mass is 14.9. The Labute approximate surface area is 86.8 Å². The minimum atomic E-state index is 0.361. The molecule has 0 saturated carbocycles. The van der Waals surface area contributed by atoms with Crippen LogP contribution in [0, 0.1) is 11.3 Å². The number of pyridine rings is 1. The van der Waals surface area contributed by atoms with E-state index in [-0.39, 0.29) is 0 Å². The second-order valence-corrected chi connectivity index (χ2v) is 4.88. The van der Waals surface area contributed by atoms with E-state index in [1.54, 1.807) is 0 Å². The molecule has 0 aliphatic rings. The van der Waals surface area contributed by atoms with Gasteiger partial charge in [-0.2, -0.15) is 0 Å². The Bertz CT molecular complexity index is 261. The lowest BCUT2D eigenvalue weighted by Crippen LogP contribution is -2.24. The van der Waals surface area contributed by atoms with Gasteiger partial charge in [-0.25, -0.2) is 0 Å². The third-order valence-electron chi connectivity index (χ3n) is 2.77. The van der Waals surface area contributed by atoms with Crippen LogP contribution in [0.5, 0.6) is 0 Å². The van der Waals surface area contributed by atoms with Gasteiger partial charge in [0.1, 0.15) is 0 Å². The largest absolute Gasteiger partial charge is 0.385 e. The molecule has 1 rings (SSSR count). The van der Waals surface area contributed by atoms with Gasteiger partial charge in [0.15, 0.2) is 0 Å². The summed E-state index contributed by atoms with van der Waals surface area (Å²) in [5, 5.41) is 3.41. The van der Waals surface area contributed by atoms with Gasteiger partial charge in [-0.3, -0.25) is 4.98 Å². The third-order valence-corrected chi connectivity index (χ3v) is 2.77. The van der Waals surface area contributed by atoms with Crippen LogP contribution in [0.3, 0.4) is 0 Å². The van der Waals surface area contributed by atoms with Crippen molar-refractivity contribution >= 4 is 5.69 Å². The van der Waals surface area contributed by atoms with E-state index in [1.165, 1.54) is 0 Å². The molecule has 0 spiro atoms. The molecule has 1 heterocycles. The van der Waals surface area contributed by atoms with Crippen molar-refractivity contribution in [3.05, 3.63) is 24.5 Å². The monoisotopic (exact) mass is 192 g/mol. The molecule has 1 aromatic heterocycles. The first-order valence-corrected chi connectivity index (χ1v) is 5.14. The summed E-state index contributed by atoms with van der Waals surface area (Å²) in [6, 6.07) is 3.99. The molecule has 2 nitrogen and oxygen atoms in total. The number of rotatable bonds is 3. The summed E-state index contributed by atoms with van der Waals surface area (Å²) < 4.78 is 0. The smallest absolute Gasteiger partial charge is 0.0371 e. The fraction of sp³-hybridized carbons (Fsp3) is 0.583. The summed E-state index contributed by atoms with van der Waals surface area (Å²) in [7, 11) is 0. The number of nitrogens with zero attached hydrogens (tertiary/aromatic N) is 1. The number of anilines is 1. The van der Waals surface area contributed by atoms with Crippen molar-refractivity contribution in [2.75, 3.05) is 11.9 Å². The van der Waals surface area contributed by atoms with Crippen LogP contribution in [-0.2, 0) is 0 Å². The molecule has 1 atom stereocenters. The SMILES string of the molecule is CC(CNc1ccncc1)C(C)(C)C. The molecular formula is C12H20N2. The highest BCUT2D eigenvalue weighted by molar-refractivity contribution is 5.40. The van der Waals surface area contributed by atoms with E-state index in [0.717, 1.165) is 12.2 Å². The fourth-order valence-corrected chi connectivity index (χ4v) is 1.05. The van der Waals surface area contributed by atoms with Crippen molar-refractivity contribution in [3.63, 3.8) is 0 Å². The van der Waals surface area contributed by atoms with Crippen molar-refractivity contribution in [3.8, 4) is 0 Å². The van der Waals surface area contributed by atoms with Crippen LogP contribution in [0.15, 0.2) is 24.5 Å². The Morgan fingerprint density at radius 1 is 1.29 bits per heavy atom. The lowest BCUT2D eigenvalue weighted by atomic mass is 9.82. The normalized spacial score (nSPS) is 13.7. The summed E-state index contributed by atoms with van der Waals surface area (Å²) in [5.41, 5.74) is 1.51. The zero-order valence-electron chi connectivity index (χ0n) is 9.54. The maximum atomic E-state index is 3.98. The Balaban J connectivity index is 2.42. The van der Waals surface area contributed by atoms with Crippen LogP contribution < -0.4 is 5.32 Å². The molecule has 0 saturated heterocycles. The maximum absolute atomic E-state index is 3.98. The molecule has 0 aromatic carbocycles. The second-order valence-electron chi connectivity index (χ2n) is 4.88. The minimum absolute atomic E-state index is 0.361. The second kappa shape index (κ2) is 4.45. The van der Waals surface area contributed by atoms with Gasteiger partial charge >= 0.3 is 0 Å². The van der Waals surface area contributed by atoms with E-state index < -0.39 is 0 Å². The summed E-state index contributed by atoms with van der Waals surface area (Å²) in [4.78, 5) is 3.98.